The Balaban J connectivity index is 1.30. The molecule has 0 saturated carbocycles. The van der Waals surface area contributed by atoms with Crippen molar-refractivity contribution in [2.75, 3.05) is 14.2 Å². The van der Waals surface area contributed by atoms with E-state index >= 15 is 0 Å². The normalized spacial score (nSPS) is 12.0. The maximum Gasteiger partial charge on any atom is 0.194 e. The zero-order valence-electron chi connectivity index (χ0n) is 21.1. The van der Waals surface area contributed by atoms with Crippen LogP contribution >= 0.6 is 0 Å². The van der Waals surface area contributed by atoms with Gasteiger partial charge in [0.2, 0.25) is 0 Å². The van der Waals surface area contributed by atoms with Gasteiger partial charge in [-0.25, -0.2) is 0 Å². The standard InChI is InChI=1S/C35H24O3/c1-37-29-11-7-23-15-21(3-5-25(23)17-29)27-9-13-31-33(19-27)34-20-28(10-14-32(34)35(31)36)22-4-6-26-18-30(38-2)12-8-24(26)16-22/h3-20H,1-2H3. The second-order valence-electron chi connectivity index (χ2n) is 9.71. The van der Waals surface area contributed by atoms with Gasteiger partial charge < -0.3 is 9.47 Å². The van der Waals surface area contributed by atoms with Crippen LogP contribution in [0.2, 0.25) is 0 Å². The number of fused-ring (bicyclic) bond motifs is 5. The summed E-state index contributed by atoms with van der Waals surface area (Å²) in [4.78, 5) is 13.2. The molecule has 7 rings (SSSR count). The molecule has 0 bridgehead atoms. The van der Waals surface area contributed by atoms with Gasteiger partial charge >= 0.3 is 0 Å². The number of rotatable bonds is 4. The van der Waals surface area contributed by atoms with E-state index < -0.39 is 0 Å². The van der Waals surface area contributed by atoms with Crippen LogP contribution in [0.4, 0.5) is 0 Å². The van der Waals surface area contributed by atoms with Gasteiger partial charge in [-0.05, 0) is 116 Å². The third-order valence-electron chi connectivity index (χ3n) is 7.58. The highest BCUT2D eigenvalue weighted by Gasteiger charge is 2.27. The molecule has 0 fully saturated rings. The second kappa shape index (κ2) is 8.60. The van der Waals surface area contributed by atoms with Crippen molar-refractivity contribution in [3.8, 4) is 44.9 Å². The molecule has 0 saturated heterocycles. The van der Waals surface area contributed by atoms with Gasteiger partial charge in [0, 0.05) is 11.1 Å². The van der Waals surface area contributed by atoms with E-state index in [0.717, 1.165) is 77.6 Å². The van der Waals surface area contributed by atoms with E-state index in [-0.39, 0.29) is 5.78 Å². The lowest BCUT2D eigenvalue weighted by Gasteiger charge is -2.10. The number of ketones is 1. The topological polar surface area (TPSA) is 35.5 Å². The van der Waals surface area contributed by atoms with E-state index in [2.05, 4.69) is 60.7 Å². The van der Waals surface area contributed by atoms with Gasteiger partial charge in [0.1, 0.15) is 11.5 Å². The predicted molar refractivity (Wildman–Crippen MR) is 154 cm³/mol. The molecule has 6 aromatic rings. The maximum atomic E-state index is 13.2. The molecule has 1 aliphatic carbocycles. The lowest BCUT2D eigenvalue weighted by atomic mass is 9.95. The summed E-state index contributed by atoms with van der Waals surface area (Å²) in [6, 6.07) is 37.4. The number of ether oxygens (including phenoxy) is 2. The van der Waals surface area contributed by atoms with E-state index in [1.807, 2.05) is 48.5 Å². The molecule has 0 atom stereocenters. The fraction of sp³-hybridized carbons (Fsp3) is 0.0571. The molecule has 0 N–H and O–H groups in total. The molecule has 0 unspecified atom stereocenters. The van der Waals surface area contributed by atoms with Crippen molar-refractivity contribution in [1.29, 1.82) is 0 Å². The van der Waals surface area contributed by atoms with Crippen molar-refractivity contribution in [2.45, 2.75) is 0 Å². The molecule has 0 amide bonds. The Hall–Kier alpha value is -4.89. The minimum absolute atomic E-state index is 0.0873. The quantitative estimate of drug-likeness (QED) is 0.247. The molecule has 0 radical (unpaired) electrons. The Labute approximate surface area is 220 Å². The zero-order valence-corrected chi connectivity index (χ0v) is 21.1. The minimum Gasteiger partial charge on any atom is -0.497 e. The third-order valence-corrected chi connectivity index (χ3v) is 7.58. The van der Waals surface area contributed by atoms with Crippen molar-refractivity contribution in [1.82, 2.24) is 0 Å². The average Bonchev–Trinajstić information content (AvgIpc) is 3.26. The summed E-state index contributed by atoms with van der Waals surface area (Å²) < 4.78 is 10.7. The highest BCUT2D eigenvalue weighted by Crippen LogP contribution is 2.41. The molecular weight excluding hydrogens is 468 g/mol. The van der Waals surface area contributed by atoms with E-state index in [0.29, 0.717) is 0 Å². The van der Waals surface area contributed by atoms with E-state index in [1.54, 1.807) is 14.2 Å². The van der Waals surface area contributed by atoms with Crippen LogP contribution in [0.1, 0.15) is 15.9 Å². The molecule has 3 nitrogen and oxygen atoms in total. The van der Waals surface area contributed by atoms with Gasteiger partial charge in [0.25, 0.3) is 0 Å². The van der Waals surface area contributed by atoms with E-state index in [4.69, 9.17) is 9.47 Å². The predicted octanol–water partition coefficient (Wildman–Crippen LogP) is 8.56. The van der Waals surface area contributed by atoms with Crippen LogP contribution in [0.25, 0.3) is 54.9 Å². The van der Waals surface area contributed by atoms with Crippen molar-refractivity contribution in [3.05, 3.63) is 120 Å². The minimum atomic E-state index is 0.0873. The van der Waals surface area contributed by atoms with Crippen LogP contribution in [0, 0.1) is 0 Å². The van der Waals surface area contributed by atoms with E-state index in [1.165, 1.54) is 0 Å². The van der Waals surface area contributed by atoms with Crippen molar-refractivity contribution in [2.24, 2.45) is 0 Å². The average molecular weight is 493 g/mol. The molecule has 1 aliphatic rings. The van der Waals surface area contributed by atoms with Crippen molar-refractivity contribution in [3.63, 3.8) is 0 Å². The van der Waals surface area contributed by atoms with Gasteiger partial charge in [0.05, 0.1) is 14.2 Å². The molecule has 0 spiro atoms. The van der Waals surface area contributed by atoms with Crippen LogP contribution < -0.4 is 9.47 Å². The van der Waals surface area contributed by atoms with Crippen LogP contribution in [0.3, 0.4) is 0 Å². The van der Waals surface area contributed by atoms with Gasteiger partial charge in [-0.2, -0.15) is 0 Å². The second-order valence-corrected chi connectivity index (χ2v) is 9.71. The monoisotopic (exact) mass is 492 g/mol. The molecule has 0 aromatic heterocycles. The Kier molecular flexibility index (Phi) is 5.05. The highest BCUT2D eigenvalue weighted by atomic mass is 16.5. The van der Waals surface area contributed by atoms with Crippen molar-refractivity contribution >= 4 is 27.3 Å². The van der Waals surface area contributed by atoms with Crippen LogP contribution in [0.5, 0.6) is 11.5 Å². The number of benzene rings is 6. The van der Waals surface area contributed by atoms with Gasteiger partial charge in [-0.1, -0.05) is 48.5 Å². The molecule has 0 heterocycles. The summed E-state index contributed by atoms with van der Waals surface area (Å²) in [5, 5.41) is 4.56. The first-order chi connectivity index (χ1) is 18.6. The maximum absolute atomic E-state index is 13.2. The van der Waals surface area contributed by atoms with Crippen LogP contribution in [-0.4, -0.2) is 20.0 Å². The number of methoxy groups -OCH3 is 2. The first-order valence-electron chi connectivity index (χ1n) is 12.6. The Bertz CT molecular complexity index is 1780. The summed E-state index contributed by atoms with van der Waals surface area (Å²) in [7, 11) is 3.37. The Morgan fingerprint density at radius 1 is 0.395 bits per heavy atom. The lowest BCUT2D eigenvalue weighted by molar-refractivity contribution is 0.104. The van der Waals surface area contributed by atoms with Crippen LogP contribution in [0.15, 0.2) is 109 Å². The molecule has 6 aromatic carbocycles. The fourth-order valence-electron chi connectivity index (χ4n) is 5.50. The Morgan fingerprint density at radius 2 is 0.763 bits per heavy atom. The smallest absolute Gasteiger partial charge is 0.194 e. The van der Waals surface area contributed by atoms with E-state index in [9.17, 15) is 4.79 Å². The number of carbonyl (C=O) groups is 1. The Morgan fingerprint density at radius 3 is 1.21 bits per heavy atom. The molecule has 182 valence electrons. The fourth-order valence-corrected chi connectivity index (χ4v) is 5.50. The number of hydrogen-bond acceptors (Lipinski definition) is 3. The number of hydrogen-bond donors (Lipinski definition) is 0. The van der Waals surface area contributed by atoms with Gasteiger partial charge in [0.15, 0.2) is 5.78 Å². The molecule has 38 heavy (non-hydrogen) atoms. The first kappa shape index (κ1) is 22.3. The molecule has 3 heteroatoms. The zero-order chi connectivity index (χ0) is 25.8. The summed E-state index contributed by atoms with van der Waals surface area (Å²) in [5.41, 5.74) is 7.92. The van der Waals surface area contributed by atoms with Crippen molar-refractivity contribution < 1.29 is 14.3 Å². The molecule has 0 aliphatic heterocycles. The van der Waals surface area contributed by atoms with Gasteiger partial charge in [-0.3, -0.25) is 4.79 Å². The SMILES string of the molecule is COc1ccc2cc(-c3ccc4c(c3)-c3cc(-c5ccc6cc(OC)ccc6c5)ccc3C4=O)ccc2c1. The molecular formula is C35H24O3. The lowest BCUT2D eigenvalue weighted by Crippen LogP contribution is -1.94. The summed E-state index contributed by atoms with van der Waals surface area (Å²) in [6.45, 7) is 0. The van der Waals surface area contributed by atoms with Gasteiger partial charge in [-0.15, -0.1) is 0 Å². The summed E-state index contributed by atoms with van der Waals surface area (Å²) in [5.74, 6) is 1.78. The highest BCUT2D eigenvalue weighted by molar-refractivity contribution is 6.22. The number of carbonyl (C=O) groups excluding carboxylic acids is 1. The summed E-state index contributed by atoms with van der Waals surface area (Å²) in [6.07, 6.45) is 0. The largest absolute Gasteiger partial charge is 0.497 e. The first-order valence-corrected chi connectivity index (χ1v) is 12.6. The third kappa shape index (κ3) is 3.55. The summed E-state index contributed by atoms with van der Waals surface area (Å²) >= 11 is 0. The van der Waals surface area contributed by atoms with Crippen LogP contribution in [-0.2, 0) is 0 Å².